The van der Waals surface area contributed by atoms with E-state index >= 15 is 4.39 Å². The highest BCUT2D eigenvalue weighted by Crippen LogP contribution is 2.38. The van der Waals surface area contributed by atoms with Crippen LogP contribution in [0.25, 0.3) is 0 Å². The monoisotopic (exact) mass is 468 g/mol. The first-order valence-electron chi connectivity index (χ1n) is 10.4. The summed E-state index contributed by atoms with van der Waals surface area (Å²) < 4.78 is 30.7. The van der Waals surface area contributed by atoms with Crippen molar-refractivity contribution in [1.29, 1.82) is 0 Å². The lowest BCUT2D eigenvalue weighted by molar-refractivity contribution is -0.117. The number of aryl methyl sites for hydroxylation is 2. The normalized spacial score (nSPS) is 13.1. The second-order valence-electron chi connectivity index (χ2n) is 7.71. The van der Waals surface area contributed by atoms with Gasteiger partial charge in [0.25, 0.3) is 5.91 Å². The van der Waals surface area contributed by atoms with E-state index < -0.39 is 5.82 Å². The van der Waals surface area contributed by atoms with E-state index in [4.69, 9.17) is 9.47 Å². The van der Waals surface area contributed by atoms with Crippen molar-refractivity contribution in [3.05, 3.63) is 76.9 Å². The van der Waals surface area contributed by atoms with Crippen molar-refractivity contribution in [1.82, 2.24) is 9.71 Å². The molecule has 1 saturated heterocycles. The summed E-state index contributed by atoms with van der Waals surface area (Å²) in [6.07, 6.45) is 0. The van der Waals surface area contributed by atoms with Crippen molar-refractivity contribution in [3.63, 3.8) is 0 Å². The molecular weight excluding hydrogens is 443 g/mol. The first-order valence-corrected chi connectivity index (χ1v) is 11.2. The third kappa shape index (κ3) is 5.67. The molecule has 1 aliphatic rings. The Morgan fingerprint density at radius 2 is 1.85 bits per heavy atom. The lowest BCUT2D eigenvalue weighted by Gasteiger charge is -2.20. The van der Waals surface area contributed by atoms with Gasteiger partial charge in [0.1, 0.15) is 30.3 Å². The van der Waals surface area contributed by atoms with Gasteiger partial charge >= 0.3 is 0 Å². The Balaban J connectivity index is 1.57. The number of anilines is 2. The lowest BCUT2D eigenvalue weighted by atomic mass is 10.1. The van der Waals surface area contributed by atoms with E-state index in [-0.39, 0.29) is 24.7 Å². The fraction of sp³-hybridized carbons (Fsp3) is 0.250. The van der Waals surface area contributed by atoms with Gasteiger partial charge < -0.3 is 14.8 Å². The van der Waals surface area contributed by atoms with Crippen LogP contribution in [0.1, 0.15) is 22.5 Å². The summed E-state index contributed by atoms with van der Waals surface area (Å²) in [6.45, 7) is 4.56. The molecule has 0 unspecified atom stereocenters. The number of hydrogen-bond acceptors (Lipinski definition) is 7. The van der Waals surface area contributed by atoms with Crippen LogP contribution in [-0.2, 0) is 17.9 Å². The molecule has 1 amide bonds. The number of ether oxygens (including phenoxy) is 2. The molecule has 0 aliphatic carbocycles. The summed E-state index contributed by atoms with van der Waals surface area (Å²) in [6, 6.07) is 14.6. The van der Waals surface area contributed by atoms with Crippen LogP contribution >= 0.6 is 12.1 Å². The van der Waals surface area contributed by atoms with Crippen LogP contribution in [0.15, 0.2) is 48.5 Å². The minimum absolute atomic E-state index is 0.0493. The van der Waals surface area contributed by atoms with E-state index in [9.17, 15) is 4.79 Å². The Morgan fingerprint density at radius 3 is 2.48 bits per heavy atom. The van der Waals surface area contributed by atoms with Gasteiger partial charge in [0.15, 0.2) is 5.82 Å². The molecule has 0 saturated carbocycles. The zero-order chi connectivity index (χ0) is 23.4. The quantitative estimate of drug-likeness (QED) is 0.470. The maximum Gasteiger partial charge on any atom is 0.251 e. The zero-order valence-electron chi connectivity index (χ0n) is 18.6. The van der Waals surface area contributed by atoms with Crippen molar-refractivity contribution in [3.8, 4) is 11.5 Å². The molecule has 0 radical (unpaired) electrons. The van der Waals surface area contributed by atoms with Crippen LogP contribution in [0, 0.1) is 19.7 Å². The van der Waals surface area contributed by atoms with E-state index in [0.717, 1.165) is 46.1 Å². The molecule has 7 nitrogen and oxygen atoms in total. The second kappa shape index (κ2) is 9.99. The number of carbonyl (C=O) groups is 1. The predicted octanol–water partition coefficient (Wildman–Crippen LogP) is 4.54. The van der Waals surface area contributed by atoms with Crippen LogP contribution in [0.5, 0.6) is 11.5 Å². The van der Waals surface area contributed by atoms with Crippen LogP contribution < -0.4 is 23.8 Å². The summed E-state index contributed by atoms with van der Waals surface area (Å²) in [7, 11) is 1.61. The van der Waals surface area contributed by atoms with E-state index in [1.165, 1.54) is 6.07 Å². The van der Waals surface area contributed by atoms with E-state index in [1.807, 2.05) is 50.2 Å². The highest BCUT2D eigenvalue weighted by Gasteiger charge is 2.27. The van der Waals surface area contributed by atoms with Gasteiger partial charge in [-0.1, -0.05) is 12.1 Å². The number of nitrogens with one attached hydrogen (secondary N) is 2. The summed E-state index contributed by atoms with van der Waals surface area (Å²) in [5.74, 6) is 0.478. The number of nitrogens with zero attached hydrogens (tertiary/aromatic N) is 2. The summed E-state index contributed by atoms with van der Waals surface area (Å²) in [5, 5.41) is 3.32. The topological polar surface area (TPSA) is 75.7 Å². The maximum atomic E-state index is 15.2. The van der Waals surface area contributed by atoms with Gasteiger partial charge in [-0.15, -0.1) is 0 Å². The van der Waals surface area contributed by atoms with Gasteiger partial charge in [-0.25, -0.2) is 4.39 Å². The Labute approximate surface area is 196 Å². The first-order chi connectivity index (χ1) is 15.9. The van der Waals surface area contributed by atoms with Gasteiger partial charge in [-0.3, -0.25) is 18.8 Å². The Hall–Kier alpha value is -3.46. The summed E-state index contributed by atoms with van der Waals surface area (Å²) in [4.78, 5) is 16.1. The third-order valence-electron chi connectivity index (χ3n) is 5.03. The average molecular weight is 469 g/mol. The maximum absolute atomic E-state index is 15.2. The number of rotatable bonds is 8. The molecule has 2 aromatic carbocycles. The second-order valence-corrected chi connectivity index (χ2v) is 8.53. The van der Waals surface area contributed by atoms with Crippen molar-refractivity contribution >= 4 is 29.4 Å². The van der Waals surface area contributed by atoms with Crippen molar-refractivity contribution in [2.45, 2.75) is 27.0 Å². The number of benzene rings is 2. The van der Waals surface area contributed by atoms with Crippen molar-refractivity contribution in [2.75, 3.05) is 23.3 Å². The summed E-state index contributed by atoms with van der Waals surface area (Å²) >= 11 is 1.05. The number of aromatic nitrogens is 1. The fourth-order valence-electron chi connectivity index (χ4n) is 3.53. The van der Waals surface area contributed by atoms with Gasteiger partial charge in [-0.2, -0.15) is 0 Å². The number of halogens is 1. The molecule has 1 fully saturated rings. The van der Waals surface area contributed by atoms with E-state index in [0.29, 0.717) is 12.3 Å². The van der Waals surface area contributed by atoms with E-state index in [1.54, 1.807) is 17.5 Å². The molecule has 1 aliphatic heterocycles. The molecular formula is C24H25FN4O3S. The molecule has 4 rings (SSSR count). The minimum Gasteiger partial charge on any atom is -0.497 e. The number of hydrogen-bond donors (Lipinski definition) is 2. The molecule has 1 aromatic heterocycles. The third-order valence-corrected chi connectivity index (χ3v) is 5.88. The smallest absolute Gasteiger partial charge is 0.251 e. The molecule has 172 valence electrons. The van der Waals surface area contributed by atoms with E-state index in [2.05, 4.69) is 15.0 Å². The molecule has 3 aromatic rings. The van der Waals surface area contributed by atoms with Crippen LogP contribution in [0.2, 0.25) is 0 Å². The lowest BCUT2D eigenvalue weighted by Crippen LogP contribution is -2.17. The number of amides is 1. The van der Waals surface area contributed by atoms with Gasteiger partial charge in [0.2, 0.25) is 0 Å². The average Bonchev–Trinajstić information content (AvgIpc) is 3.21. The largest absolute Gasteiger partial charge is 0.497 e. The molecule has 0 atom stereocenters. The molecule has 0 spiro atoms. The SMILES string of the molecule is COc1ccc(COc2cc(CNc3cc(C)nc(C)c3)cc(F)c2N2CC(=O)NS2)cc1. The minimum atomic E-state index is -0.454. The number of pyridine rings is 1. The van der Waals surface area contributed by atoms with Crippen LogP contribution in [0.4, 0.5) is 15.8 Å². The molecule has 33 heavy (non-hydrogen) atoms. The fourth-order valence-corrected chi connectivity index (χ4v) is 4.26. The Kier molecular flexibility index (Phi) is 6.88. The highest BCUT2D eigenvalue weighted by molar-refractivity contribution is 7.99. The van der Waals surface area contributed by atoms with Crippen molar-refractivity contribution < 1.29 is 18.7 Å². The Morgan fingerprint density at radius 1 is 1.12 bits per heavy atom. The molecule has 0 bridgehead atoms. The number of carbonyl (C=O) groups excluding carboxylic acids is 1. The standard InChI is InChI=1S/C24H25FN4O3S/c1-15-8-19(9-16(2)27-15)26-12-18-10-21(25)24(29-13-23(30)28-33-29)22(11-18)32-14-17-4-6-20(31-3)7-5-17/h4-11H,12-14H2,1-3H3,(H,26,27)(H,28,30). The Bertz CT molecular complexity index is 1140. The summed E-state index contributed by atoms with van der Waals surface area (Å²) in [5.41, 5.74) is 4.60. The van der Waals surface area contributed by atoms with Gasteiger partial charge in [-0.05, 0) is 61.4 Å². The molecule has 9 heteroatoms. The molecule has 2 heterocycles. The van der Waals surface area contributed by atoms with Crippen LogP contribution in [0.3, 0.4) is 0 Å². The molecule has 2 N–H and O–H groups in total. The highest BCUT2D eigenvalue weighted by atomic mass is 32.2. The van der Waals surface area contributed by atoms with Crippen LogP contribution in [-0.4, -0.2) is 24.5 Å². The predicted molar refractivity (Wildman–Crippen MR) is 128 cm³/mol. The number of methoxy groups -OCH3 is 1. The first kappa shape index (κ1) is 22.7. The van der Waals surface area contributed by atoms with Gasteiger partial charge in [0.05, 0.1) is 19.2 Å². The van der Waals surface area contributed by atoms with Gasteiger partial charge in [0, 0.05) is 23.6 Å². The zero-order valence-corrected chi connectivity index (χ0v) is 19.5. The van der Waals surface area contributed by atoms with Crippen molar-refractivity contribution in [2.24, 2.45) is 0 Å².